The SMILES string of the molecule is CSc1ncc(C=O)c(NCc2ccc(-c3cc(S(N)(=O)=O)ccc3F)nc2C)n1. The maximum Gasteiger partial charge on any atom is 0.238 e. The average molecular weight is 448 g/mol. The zero-order valence-electron chi connectivity index (χ0n) is 16.1. The number of primary sulfonamides is 1. The van der Waals surface area contributed by atoms with Crippen LogP contribution in [0.3, 0.4) is 0 Å². The molecule has 1 aromatic carbocycles. The molecule has 0 aliphatic heterocycles. The number of nitrogens with two attached hydrogens (primary N) is 1. The summed E-state index contributed by atoms with van der Waals surface area (Å²) in [5.74, 6) is -0.207. The highest BCUT2D eigenvalue weighted by atomic mass is 32.2. The molecule has 0 atom stereocenters. The van der Waals surface area contributed by atoms with Crippen molar-refractivity contribution in [2.75, 3.05) is 11.6 Å². The van der Waals surface area contributed by atoms with Crippen molar-refractivity contribution in [3.8, 4) is 11.3 Å². The third kappa shape index (κ3) is 4.81. The molecule has 0 fully saturated rings. The quantitative estimate of drug-likeness (QED) is 0.321. The first-order valence-electron chi connectivity index (χ1n) is 8.62. The second-order valence-corrected chi connectivity index (χ2v) is 8.59. The third-order valence-corrected chi connectivity index (χ3v) is 5.76. The predicted octanol–water partition coefficient (Wildman–Crippen LogP) is 2.78. The number of halogens is 1. The number of aldehydes is 1. The Morgan fingerprint density at radius 2 is 2.00 bits per heavy atom. The van der Waals surface area contributed by atoms with E-state index in [0.29, 0.717) is 35.1 Å². The average Bonchev–Trinajstić information content (AvgIpc) is 2.72. The molecule has 30 heavy (non-hydrogen) atoms. The molecule has 0 saturated heterocycles. The van der Waals surface area contributed by atoms with Crippen LogP contribution < -0.4 is 10.5 Å². The van der Waals surface area contributed by atoms with Crippen LogP contribution in [-0.4, -0.2) is 35.9 Å². The number of carbonyl (C=O) groups excluding carboxylic acids is 1. The number of rotatable bonds is 7. The van der Waals surface area contributed by atoms with Crippen LogP contribution in [0, 0.1) is 12.7 Å². The van der Waals surface area contributed by atoms with Gasteiger partial charge in [-0.25, -0.2) is 27.9 Å². The van der Waals surface area contributed by atoms with E-state index in [1.807, 2.05) is 6.26 Å². The number of aromatic nitrogens is 3. The second kappa shape index (κ2) is 8.86. The lowest BCUT2D eigenvalue weighted by Crippen LogP contribution is -2.12. The topological polar surface area (TPSA) is 128 Å². The van der Waals surface area contributed by atoms with Crippen molar-refractivity contribution in [1.82, 2.24) is 15.0 Å². The number of pyridine rings is 1. The zero-order valence-corrected chi connectivity index (χ0v) is 17.7. The molecule has 3 aromatic rings. The smallest absolute Gasteiger partial charge is 0.238 e. The Morgan fingerprint density at radius 3 is 2.63 bits per heavy atom. The molecule has 11 heteroatoms. The van der Waals surface area contributed by atoms with Crippen LogP contribution in [0.5, 0.6) is 0 Å². The highest BCUT2D eigenvalue weighted by Crippen LogP contribution is 2.25. The number of hydrogen-bond donors (Lipinski definition) is 2. The van der Waals surface area contributed by atoms with Crippen LogP contribution in [0.2, 0.25) is 0 Å². The summed E-state index contributed by atoms with van der Waals surface area (Å²) in [7, 11) is -3.97. The van der Waals surface area contributed by atoms with E-state index in [2.05, 4.69) is 20.3 Å². The number of hydrogen-bond acceptors (Lipinski definition) is 8. The molecule has 8 nitrogen and oxygen atoms in total. The summed E-state index contributed by atoms with van der Waals surface area (Å²) in [6, 6.07) is 6.63. The van der Waals surface area contributed by atoms with Gasteiger partial charge >= 0.3 is 0 Å². The maximum atomic E-state index is 14.3. The van der Waals surface area contributed by atoms with Crippen LogP contribution in [-0.2, 0) is 16.6 Å². The molecule has 156 valence electrons. The van der Waals surface area contributed by atoms with E-state index in [1.165, 1.54) is 18.0 Å². The summed E-state index contributed by atoms with van der Waals surface area (Å²) in [5.41, 5.74) is 2.04. The van der Waals surface area contributed by atoms with E-state index in [0.717, 1.165) is 23.8 Å². The third-order valence-electron chi connectivity index (χ3n) is 4.29. The Labute approximate surface area is 177 Å². The minimum absolute atomic E-state index is 0.0350. The maximum absolute atomic E-state index is 14.3. The summed E-state index contributed by atoms with van der Waals surface area (Å²) in [6.45, 7) is 2.07. The van der Waals surface area contributed by atoms with E-state index in [9.17, 15) is 17.6 Å². The predicted molar refractivity (Wildman–Crippen MR) is 112 cm³/mol. The summed E-state index contributed by atoms with van der Waals surface area (Å²) in [4.78, 5) is 23.8. The van der Waals surface area contributed by atoms with Gasteiger partial charge in [0.05, 0.1) is 16.2 Å². The van der Waals surface area contributed by atoms with E-state index in [1.54, 1.807) is 19.1 Å². The van der Waals surface area contributed by atoms with Gasteiger partial charge in [-0.15, -0.1) is 0 Å². The highest BCUT2D eigenvalue weighted by molar-refractivity contribution is 7.98. The fourth-order valence-electron chi connectivity index (χ4n) is 2.68. The first-order chi connectivity index (χ1) is 14.2. The van der Waals surface area contributed by atoms with E-state index < -0.39 is 15.8 Å². The van der Waals surface area contributed by atoms with Crippen molar-refractivity contribution < 1.29 is 17.6 Å². The number of nitrogens with one attached hydrogen (secondary N) is 1. The van der Waals surface area contributed by atoms with E-state index in [4.69, 9.17) is 5.14 Å². The number of sulfonamides is 1. The van der Waals surface area contributed by atoms with Crippen molar-refractivity contribution in [3.05, 3.63) is 59.2 Å². The molecule has 0 amide bonds. The van der Waals surface area contributed by atoms with Crippen LogP contribution >= 0.6 is 11.8 Å². The van der Waals surface area contributed by atoms with Gasteiger partial charge in [0.1, 0.15) is 11.6 Å². The Balaban J connectivity index is 1.88. The monoisotopic (exact) mass is 447 g/mol. The number of carbonyl (C=O) groups is 1. The van der Waals surface area contributed by atoms with Crippen LogP contribution in [0.1, 0.15) is 21.6 Å². The molecule has 0 radical (unpaired) electrons. The van der Waals surface area contributed by atoms with Crippen molar-refractivity contribution >= 4 is 33.9 Å². The van der Waals surface area contributed by atoms with Gasteiger partial charge in [-0.1, -0.05) is 17.8 Å². The summed E-state index contributed by atoms with van der Waals surface area (Å²) in [5, 5.41) is 8.75. The summed E-state index contributed by atoms with van der Waals surface area (Å²) < 4.78 is 37.4. The van der Waals surface area contributed by atoms with Gasteiger partial charge in [0.2, 0.25) is 10.0 Å². The molecule has 0 spiro atoms. The molecule has 0 aliphatic rings. The fourth-order valence-corrected chi connectivity index (χ4v) is 3.56. The highest BCUT2D eigenvalue weighted by Gasteiger charge is 2.15. The van der Waals surface area contributed by atoms with Crippen LogP contribution in [0.15, 0.2) is 46.6 Å². The molecular formula is C19H18FN5O3S2. The number of aryl methyl sites for hydroxylation is 1. The normalized spacial score (nSPS) is 11.3. The van der Waals surface area contributed by atoms with Crippen molar-refractivity contribution in [1.29, 1.82) is 0 Å². The number of anilines is 1. The molecule has 3 rings (SSSR count). The number of thioether (sulfide) groups is 1. The standard InChI is InChI=1S/C19H18FN5O3S2/c1-11-12(8-22-18-13(10-26)9-23-19(25-18)29-2)3-6-17(24-11)15-7-14(30(21,27)28)4-5-16(15)20/h3-7,9-10H,8H2,1-2H3,(H2,21,27,28)(H,22,23,25). The largest absolute Gasteiger partial charge is 0.365 e. The van der Waals surface area contributed by atoms with Crippen molar-refractivity contribution in [3.63, 3.8) is 0 Å². The van der Waals surface area contributed by atoms with Gasteiger partial charge in [0.25, 0.3) is 0 Å². The minimum atomic E-state index is -3.97. The molecule has 3 N–H and O–H groups in total. The van der Waals surface area contributed by atoms with Gasteiger partial charge in [-0.2, -0.15) is 0 Å². The molecule has 2 heterocycles. The summed E-state index contributed by atoms with van der Waals surface area (Å²) >= 11 is 1.35. The van der Waals surface area contributed by atoms with Crippen LogP contribution in [0.25, 0.3) is 11.3 Å². The van der Waals surface area contributed by atoms with Crippen molar-refractivity contribution in [2.45, 2.75) is 23.5 Å². The number of nitrogens with zero attached hydrogens (tertiary/aromatic N) is 3. The van der Waals surface area contributed by atoms with Gasteiger partial charge < -0.3 is 5.32 Å². The Morgan fingerprint density at radius 1 is 1.23 bits per heavy atom. The molecule has 2 aromatic heterocycles. The zero-order chi connectivity index (χ0) is 21.9. The minimum Gasteiger partial charge on any atom is -0.365 e. The van der Waals surface area contributed by atoms with Gasteiger partial charge in [-0.3, -0.25) is 9.78 Å². The summed E-state index contributed by atoms with van der Waals surface area (Å²) in [6.07, 6.45) is 3.95. The lowest BCUT2D eigenvalue weighted by atomic mass is 10.1. The fraction of sp³-hybridized carbons (Fsp3) is 0.158. The Hall–Kier alpha value is -2.89. The van der Waals surface area contributed by atoms with Gasteiger partial charge in [0, 0.05) is 24.0 Å². The lowest BCUT2D eigenvalue weighted by Gasteiger charge is -2.12. The first kappa shape index (κ1) is 21.8. The van der Waals surface area contributed by atoms with Gasteiger partial charge in [0.15, 0.2) is 11.4 Å². The Kier molecular flexibility index (Phi) is 6.44. The molecular weight excluding hydrogens is 429 g/mol. The van der Waals surface area contributed by atoms with E-state index in [-0.39, 0.29) is 16.2 Å². The lowest BCUT2D eigenvalue weighted by molar-refractivity contribution is 0.112. The Bertz CT molecular complexity index is 1220. The van der Waals surface area contributed by atoms with Gasteiger partial charge in [-0.05, 0) is 43.0 Å². The van der Waals surface area contributed by atoms with Crippen LogP contribution in [0.4, 0.5) is 10.2 Å². The molecule has 0 bridgehead atoms. The molecule has 0 aliphatic carbocycles. The second-order valence-electron chi connectivity index (χ2n) is 6.26. The molecule has 0 unspecified atom stereocenters. The first-order valence-corrected chi connectivity index (χ1v) is 11.4. The number of benzene rings is 1. The van der Waals surface area contributed by atoms with Crippen molar-refractivity contribution in [2.24, 2.45) is 5.14 Å². The van der Waals surface area contributed by atoms with E-state index >= 15 is 0 Å². The molecule has 0 saturated carbocycles.